The van der Waals surface area contributed by atoms with E-state index in [0.29, 0.717) is 104 Å². The summed E-state index contributed by atoms with van der Waals surface area (Å²) in [6.07, 6.45) is -2.38. The van der Waals surface area contributed by atoms with Gasteiger partial charge in [-0.25, -0.2) is 51.5 Å². The number of phenols is 1. The van der Waals surface area contributed by atoms with Crippen LogP contribution in [0.5, 0.6) is 11.5 Å². The Labute approximate surface area is 617 Å². The number of rotatable bonds is 10. The lowest BCUT2D eigenvalue weighted by Crippen LogP contribution is -2.19. The number of hydrogen-bond donors (Lipinski definition) is 2. The van der Waals surface area contributed by atoms with Crippen molar-refractivity contribution >= 4 is 17.8 Å². The fourth-order valence-corrected chi connectivity index (χ4v) is 12.7. The molecule has 27 heteroatoms. The average Bonchev–Trinajstić information content (AvgIpc) is 1.63. The average molecular weight is 1490 g/mol. The molecule has 0 aliphatic carbocycles. The molecule has 0 saturated heterocycles. The first-order valence-corrected chi connectivity index (χ1v) is 34.7. The molecule has 0 amide bonds. The number of fused-ring (bicyclic) bond motifs is 3. The molecule has 4 aliphatic rings. The summed E-state index contributed by atoms with van der Waals surface area (Å²) < 4.78 is 138. The summed E-state index contributed by atoms with van der Waals surface area (Å²) in [5.74, 6) is -2.64. The summed E-state index contributed by atoms with van der Waals surface area (Å²) in [7, 11) is 0. The van der Waals surface area contributed by atoms with Crippen molar-refractivity contribution in [3.63, 3.8) is 0 Å². The highest BCUT2D eigenvalue weighted by atomic mass is 19.4. The zero-order valence-electron chi connectivity index (χ0n) is 60.8. The van der Waals surface area contributed by atoms with E-state index in [9.17, 15) is 49.8 Å². The predicted octanol–water partition coefficient (Wildman–Crippen LogP) is 16.0. The fourth-order valence-electron chi connectivity index (χ4n) is 12.7. The van der Waals surface area contributed by atoms with Crippen LogP contribution < -0.4 is 4.74 Å². The SMILES string of the molecule is Cc1cc(-c2nc(-c3ccc(C)c(F)c3)n3c2CCOCC3)cc(C)n1.Cc1cc(-c2nc(-c3ccc(O)c(F)c3)n3c2CCOCC3)cc(C)n1.Cc1cc(-c2nc(-c3ccc(OCC(F)(F)F)c(F)c3)n3c2CCOCC3)cc(C)n1.Cc1ccc(C(=O)O)cc1F.Cc1ccc(C2=NCC(=O)O2)cc1F. The van der Waals surface area contributed by atoms with Crippen LogP contribution in [0.1, 0.15) is 83.9 Å². The number of carbonyl (C=O) groups excluding carboxylic acids is 1. The second-order valence-corrected chi connectivity index (χ2v) is 26.2. The molecule has 0 atom stereocenters. The van der Waals surface area contributed by atoms with Crippen LogP contribution in [-0.2, 0) is 62.6 Å². The van der Waals surface area contributed by atoms with E-state index >= 15 is 0 Å². The quantitative estimate of drug-likeness (QED) is 0.0959. The monoisotopic (exact) mass is 1490 g/mol. The van der Waals surface area contributed by atoms with Crippen LogP contribution in [-0.4, -0.2) is 131 Å². The lowest BCUT2D eigenvalue weighted by Gasteiger charge is -2.12. The Hall–Kier alpha value is -11.3. The number of aliphatic imine (C=N–C) groups is 1. The first-order valence-electron chi connectivity index (χ1n) is 34.7. The van der Waals surface area contributed by atoms with E-state index in [2.05, 4.69) is 45.9 Å². The van der Waals surface area contributed by atoms with Gasteiger partial charge in [-0.3, -0.25) is 15.0 Å². The van der Waals surface area contributed by atoms with Gasteiger partial charge in [0.15, 0.2) is 29.7 Å². The second-order valence-electron chi connectivity index (χ2n) is 26.2. The van der Waals surface area contributed by atoms with Crippen molar-refractivity contribution in [2.24, 2.45) is 4.99 Å². The van der Waals surface area contributed by atoms with E-state index in [-0.39, 0.29) is 35.4 Å². The van der Waals surface area contributed by atoms with Crippen molar-refractivity contribution in [2.75, 3.05) is 52.8 Å². The molecule has 0 fully saturated rings. The number of ether oxygens (including phenoxy) is 5. The number of carboxylic acid groups (broad SMARTS) is 1. The number of aromatic carboxylic acids is 1. The third-order valence-electron chi connectivity index (χ3n) is 17.7. The number of phenolic OH excluding ortho intramolecular Hbond substituents is 1. The number of hydrogen-bond acceptors (Lipinski definition) is 15. The number of esters is 1. The molecule has 19 nitrogen and oxygen atoms in total. The van der Waals surface area contributed by atoms with Crippen LogP contribution in [0.2, 0.25) is 0 Å². The lowest BCUT2D eigenvalue weighted by molar-refractivity contribution is -0.153. The molecule has 2 N–H and O–H groups in total. The molecule has 0 spiro atoms. The van der Waals surface area contributed by atoms with Gasteiger partial charge >= 0.3 is 18.1 Å². The molecule has 0 saturated carbocycles. The zero-order valence-corrected chi connectivity index (χ0v) is 60.8. The van der Waals surface area contributed by atoms with Crippen molar-refractivity contribution < 1.29 is 78.6 Å². The Morgan fingerprint density at radius 3 is 1.17 bits per heavy atom. The van der Waals surface area contributed by atoms with Gasteiger partial charge in [-0.1, -0.05) is 24.3 Å². The molecule has 562 valence electrons. The minimum absolute atomic E-state index is 0.0187. The van der Waals surface area contributed by atoms with Crippen molar-refractivity contribution in [1.29, 1.82) is 0 Å². The van der Waals surface area contributed by atoms with Crippen molar-refractivity contribution in [3.05, 3.63) is 236 Å². The van der Waals surface area contributed by atoms with Gasteiger partial charge in [0.1, 0.15) is 41.5 Å². The number of benzene rings is 5. The number of aromatic nitrogens is 9. The first kappa shape index (κ1) is 77.8. The molecule has 11 aromatic rings. The van der Waals surface area contributed by atoms with Crippen LogP contribution in [0.25, 0.3) is 67.9 Å². The molecule has 0 radical (unpaired) electrons. The predicted molar refractivity (Wildman–Crippen MR) is 389 cm³/mol. The summed E-state index contributed by atoms with van der Waals surface area (Å²) in [4.78, 5) is 52.8. The Kier molecular flexibility index (Phi) is 24.6. The highest BCUT2D eigenvalue weighted by Crippen LogP contribution is 2.37. The second kappa shape index (κ2) is 34.1. The van der Waals surface area contributed by atoms with E-state index in [1.54, 1.807) is 51.1 Å². The minimum atomic E-state index is -4.54. The molecule has 6 aromatic heterocycles. The highest BCUT2D eigenvalue weighted by Gasteiger charge is 2.31. The van der Waals surface area contributed by atoms with Crippen LogP contribution in [0.15, 0.2) is 132 Å². The normalized spacial score (nSPS) is 13.9. The van der Waals surface area contributed by atoms with Crippen LogP contribution in [0, 0.1) is 91.4 Å². The van der Waals surface area contributed by atoms with Crippen molar-refractivity contribution in [2.45, 2.75) is 107 Å². The van der Waals surface area contributed by atoms with Crippen LogP contribution in [0.3, 0.4) is 0 Å². The molecule has 108 heavy (non-hydrogen) atoms. The third-order valence-corrected chi connectivity index (χ3v) is 17.7. The molecular weight excluding hydrogens is 1410 g/mol. The smallest absolute Gasteiger partial charge is 0.422 e. The summed E-state index contributed by atoms with van der Waals surface area (Å²) in [6.45, 7) is 20.7. The maximum Gasteiger partial charge on any atom is 0.422 e. The summed E-state index contributed by atoms with van der Waals surface area (Å²) in [5.41, 5.74) is 18.3. The number of cyclic esters (lactones) is 1. The Morgan fingerprint density at radius 1 is 0.444 bits per heavy atom. The number of pyridine rings is 3. The van der Waals surface area contributed by atoms with Gasteiger partial charge in [-0.15, -0.1) is 0 Å². The number of imidazole rings is 3. The molecule has 5 aromatic carbocycles. The Bertz CT molecular complexity index is 4990. The topological polar surface area (TPSA) is 225 Å². The summed E-state index contributed by atoms with van der Waals surface area (Å²) >= 11 is 0. The lowest BCUT2D eigenvalue weighted by atomic mass is 10.1. The Morgan fingerprint density at radius 2 is 0.806 bits per heavy atom. The van der Waals surface area contributed by atoms with Gasteiger partial charge in [0.25, 0.3) is 0 Å². The molecule has 10 heterocycles. The van der Waals surface area contributed by atoms with E-state index in [1.807, 2.05) is 76.4 Å². The number of alkyl halides is 3. The maximum absolute atomic E-state index is 14.5. The van der Waals surface area contributed by atoms with Gasteiger partial charge in [-0.2, -0.15) is 13.2 Å². The minimum Gasteiger partial charge on any atom is -0.505 e. The highest BCUT2D eigenvalue weighted by molar-refractivity contribution is 6.05. The third kappa shape index (κ3) is 19.1. The van der Waals surface area contributed by atoms with E-state index in [1.165, 1.54) is 42.5 Å². The Balaban J connectivity index is 0.000000140. The van der Waals surface area contributed by atoms with E-state index < -0.39 is 47.9 Å². The molecule has 15 rings (SSSR count). The fraction of sp³-hybridized carbons (Fsp3) is 0.296. The summed E-state index contributed by atoms with van der Waals surface area (Å²) in [5, 5.41) is 17.9. The first-order chi connectivity index (χ1) is 51.5. The van der Waals surface area contributed by atoms with Gasteiger partial charge in [-0.05, 0) is 182 Å². The van der Waals surface area contributed by atoms with Crippen LogP contribution in [0.4, 0.5) is 35.1 Å². The van der Waals surface area contributed by atoms with Crippen molar-refractivity contribution in [1.82, 2.24) is 43.6 Å². The number of aryl methyl sites for hydroxylation is 9. The van der Waals surface area contributed by atoms with E-state index in [0.717, 1.165) is 128 Å². The molecular formula is C81H78F8N10O9. The molecule has 0 bridgehead atoms. The number of nitrogens with zero attached hydrogens (tertiary/aromatic N) is 10. The van der Waals surface area contributed by atoms with Crippen molar-refractivity contribution in [3.8, 4) is 79.4 Å². The maximum atomic E-state index is 14.5. The number of halogens is 8. The number of aromatic hydroxyl groups is 1. The van der Waals surface area contributed by atoms with Gasteiger partial charge in [0.2, 0.25) is 5.90 Å². The molecule has 4 aliphatic heterocycles. The van der Waals surface area contributed by atoms with Gasteiger partial charge < -0.3 is 47.6 Å². The van der Waals surface area contributed by atoms with Crippen LogP contribution >= 0.6 is 0 Å². The standard InChI is InChI=1S/C22H21F4N3O2.C21H22FN3O.C20H20FN3O2.C10H8FNO2.C8H7FO2/c1-13-9-16(10-14(2)27-13)20-18-5-7-30-8-6-29(18)21(28-20)15-3-4-19(17(23)11-15)31-12-22(24,25)26;1-13-4-5-16(12-18(13)22)21-24-20(17-10-14(2)23-15(3)11-17)19-6-8-26-9-7-25(19)21;1-12-9-15(10-13(2)22-12)19-17-5-7-26-8-6-24(17)20(23-19)14-3-4-18(25)16(21)11-14;1-6-2-3-7(4-8(6)11)10-12-5-9(13)14-10;1-5-2-3-6(8(10)11)4-7(5)9/h3-4,9-11H,5-8,12H2,1-2H3;4-5,10-12H,6-9H2,1-3H3;3-4,9-11,25H,5-8H2,1-2H3;2-4H,5H2,1H3;2-4H,1H3,(H,10,11). The zero-order chi connectivity index (χ0) is 77.3. The van der Waals surface area contributed by atoms with Gasteiger partial charge in [0.05, 0.1) is 62.3 Å². The van der Waals surface area contributed by atoms with E-state index in [4.69, 9.17) is 39.0 Å². The largest absolute Gasteiger partial charge is 0.505 e. The summed E-state index contributed by atoms with van der Waals surface area (Å²) in [6, 6.07) is 34.0. The number of carbonyl (C=O) groups is 2. The van der Waals surface area contributed by atoms with Gasteiger partial charge in [0, 0.05) is 129 Å². The number of carboxylic acids is 1. The molecule has 0 unspecified atom stereocenters.